The van der Waals surface area contributed by atoms with Crippen molar-refractivity contribution in [2.45, 2.75) is 12.8 Å². The van der Waals surface area contributed by atoms with Crippen molar-refractivity contribution in [2.75, 3.05) is 23.1 Å². The number of methoxy groups -OCH3 is 1. The molecule has 4 aromatic rings. The number of ether oxygens (including phenoxy) is 2. The Morgan fingerprint density at radius 1 is 0.892 bits per heavy atom. The van der Waals surface area contributed by atoms with Crippen LogP contribution in [-0.4, -0.2) is 30.3 Å². The van der Waals surface area contributed by atoms with Crippen molar-refractivity contribution >= 4 is 46.2 Å². The molecule has 3 N–H and O–H groups in total. The van der Waals surface area contributed by atoms with Gasteiger partial charge >= 0.3 is 0 Å². The molecule has 1 heterocycles. The number of pyridine rings is 1. The van der Waals surface area contributed by atoms with Gasteiger partial charge in [0.05, 0.1) is 18.3 Å². The topological polar surface area (TPSA) is 119 Å². The number of para-hydroxylation sites is 1. The van der Waals surface area contributed by atoms with Crippen LogP contribution in [0.15, 0.2) is 79.0 Å². The van der Waals surface area contributed by atoms with Gasteiger partial charge in [-0.25, -0.2) is 0 Å². The maximum absolute atomic E-state index is 12.9. The van der Waals surface area contributed by atoms with Crippen LogP contribution >= 0.6 is 0 Å². The van der Waals surface area contributed by atoms with Gasteiger partial charge in [-0.15, -0.1) is 0 Å². The monoisotopic (exact) mass is 496 g/mol. The molecule has 1 aromatic heterocycles. The third-order valence-corrected chi connectivity index (χ3v) is 6.23. The van der Waals surface area contributed by atoms with Crippen molar-refractivity contribution in [1.29, 1.82) is 0 Å². The number of nitrogens with zero attached hydrogens (tertiary/aromatic N) is 1. The van der Waals surface area contributed by atoms with Crippen LogP contribution in [0.1, 0.15) is 12.8 Å². The Bertz CT molecular complexity index is 1470. The number of nitrogens with one attached hydrogen (secondary N) is 3. The highest BCUT2D eigenvalue weighted by Gasteiger charge is 2.56. The molecular weight excluding hydrogens is 472 g/mol. The summed E-state index contributed by atoms with van der Waals surface area (Å²) < 4.78 is 11.4. The molecule has 37 heavy (non-hydrogen) atoms. The van der Waals surface area contributed by atoms with Gasteiger partial charge in [0.15, 0.2) is 0 Å². The second-order valence-corrected chi connectivity index (χ2v) is 8.62. The number of carbonyl (C=O) groups excluding carboxylic acids is 3. The molecule has 0 saturated heterocycles. The molecule has 0 unspecified atom stereocenters. The highest BCUT2D eigenvalue weighted by atomic mass is 16.5. The van der Waals surface area contributed by atoms with E-state index in [1.54, 1.807) is 60.8 Å². The summed E-state index contributed by atoms with van der Waals surface area (Å²) in [7, 11) is 1.51. The van der Waals surface area contributed by atoms with Crippen molar-refractivity contribution < 1.29 is 23.9 Å². The molecule has 0 aliphatic heterocycles. The van der Waals surface area contributed by atoms with Crippen molar-refractivity contribution in [1.82, 2.24) is 4.98 Å². The molecule has 3 aromatic carbocycles. The first kappa shape index (κ1) is 23.8. The van der Waals surface area contributed by atoms with Crippen molar-refractivity contribution in [3.05, 3.63) is 79.0 Å². The number of hydrogen-bond donors (Lipinski definition) is 3. The Balaban J connectivity index is 1.29. The average molecular weight is 497 g/mol. The normalized spacial score (nSPS) is 13.3. The van der Waals surface area contributed by atoms with E-state index in [0.717, 1.165) is 0 Å². The lowest BCUT2D eigenvalue weighted by atomic mass is 10.0. The van der Waals surface area contributed by atoms with Crippen molar-refractivity contribution in [3.63, 3.8) is 0 Å². The number of rotatable bonds is 9. The minimum absolute atomic E-state index is 0.305. The summed E-state index contributed by atoms with van der Waals surface area (Å²) in [6.07, 6.45) is 3.19. The summed E-state index contributed by atoms with van der Waals surface area (Å²) in [6, 6.07) is 21.1. The highest BCUT2D eigenvalue weighted by molar-refractivity contribution is 6.16. The van der Waals surface area contributed by atoms with E-state index in [0.29, 0.717) is 64.5 Å². The van der Waals surface area contributed by atoms with Crippen LogP contribution in [0.2, 0.25) is 0 Å². The van der Waals surface area contributed by atoms with Gasteiger partial charge in [0, 0.05) is 29.0 Å². The van der Waals surface area contributed by atoms with E-state index < -0.39 is 5.41 Å². The summed E-state index contributed by atoms with van der Waals surface area (Å²) in [5, 5.41) is 8.97. The van der Waals surface area contributed by atoms with Crippen LogP contribution in [0.25, 0.3) is 10.9 Å². The number of amides is 3. The number of fused-ring (bicyclic) bond motifs is 1. The minimum atomic E-state index is -1.06. The van der Waals surface area contributed by atoms with Crippen molar-refractivity contribution in [2.24, 2.45) is 5.41 Å². The molecule has 0 bridgehead atoms. The van der Waals surface area contributed by atoms with E-state index in [-0.39, 0.29) is 11.8 Å². The van der Waals surface area contributed by atoms with Gasteiger partial charge in [-0.05, 0) is 61.4 Å². The number of benzene rings is 3. The molecule has 9 heteroatoms. The number of anilines is 3. The summed E-state index contributed by atoms with van der Waals surface area (Å²) in [4.78, 5) is 41.0. The zero-order valence-corrected chi connectivity index (χ0v) is 20.0. The molecule has 9 nitrogen and oxygen atoms in total. The second-order valence-electron chi connectivity index (χ2n) is 8.62. The lowest BCUT2D eigenvalue weighted by molar-refractivity contribution is -0.131. The zero-order chi connectivity index (χ0) is 25.8. The molecule has 1 saturated carbocycles. The smallest absolute Gasteiger partial charge is 0.240 e. The lowest BCUT2D eigenvalue weighted by Gasteiger charge is -2.16. The van der Waals surface area contributed by atoms with Gasteiger partial charge in [-0.3, -0.25) is 19.4 Å². The van der Waals surface area contributed by atoms with Crippen LogP contribution in [0, 0.1) is 5.41 Å². The molecule has 1 aliphatic carbocycles. The molecule has 5 rings (SSSR count). The highest BCUT2D eigenvalue weighted by Crippen LogP contribution is 2.47. The lowest BCUT2D eigenvalue weighted by Crippen LogP contribution is -2.35. The Kier molecular flexibility index (Phi) is 6.42. The van der Waals surface area contributed by atoms with Gasteiger partial charge in [-0.2, -0.15) is 0 Å². The van der Waals surface area contributed by atoms with E-state index in [4.69, 9.17) is 9.47 Å². The largest absolute Gasteiger partial charge is 0.494 e. The molecule has 1 aliphatic rings. The summed E-state index contributed by atoms with van der Waals surface area (Å²) in [6.45, 7) is 0. The molecule has 3 amide bonds. The summed E-state index contributed by atoms with van der Waals surface area (Å²) in [5.41, 5.74) is 1.28. The van der Waals surface area contributed by atoms with E-state index in [2.05, 4.69) is 20.9 Å². The van der Waals surface area contributed by atoms with E-state index in [1.165, 1.54) is 7.11 Å². The molecular formula is C28H24N4O5. The van der Waals surface area contributed by atoms with Crippen LogP contribution in [-0.2, 0) is 14.4 Å². The van der Waals surface area contributed by atoms with Crippen LogP contribution in [0.4, 0.5) is 17.1 Å². The molecule has 0 radical (unpaired) electrons. The number of hydrogen-bond acceptors (Lipinski definition) is 6. The van der Waals surface area contributed by atoms with Gasteiger partial charge < -0.3 is 25.4 Å². The van der Waals surface area contributed by atoms with E-state index in [1.807, 2.05) is 18.2 Å². The van der Waals surface area contributed by atoms with Gasteiger partial charge in [0.25, 0.3) is 0 Å². The first-order valence-electron chi connectivity index (χ1n) is 11.7. The fourth-order valence-corrected chi connectivity index (χ4v) is 4.02. The Hall–Kier alpha value is -4.92. The fourth-order valence-electron chi connectivity index (χ4n) is 4.02. The van der Waals surface area contributed by atoms with Gasteiger partial charge in [0.1, 0.15) is 22.7 Å². The van der Waals surface area contributed by atoms with Crippen molar-refractivity contribution in [3.8, 4) is 17.2 Å². The maximum atomic E-state index is 12.9. The number of aromatic nitrogens is 1. The summed E-state index contributed by atoms with van der Waals surface area (Å²) >= 11 is 0. The van der Waals surface area contributed by atoms with Gasteiger partial charge in [-0.1, -0.05) is 18.2 Å². The third-order valence-electron chi connectivity index (χ3n) is 6.23. The average Bonchev–Trinajstić information content (AvgIpc) is 3.73. The van der Waals surface area contributed by atoms with E-state index in [9.17, 15) is 14.4 Å². The van der Waals surface area contributed by atoms with Gasteiger partial charge in [0.2, 0.25) is 18.2 Å². The fraction of sp³-hybridized carbons (Fsp3) is 0.143. The predicted octanol–water partition coefficient (Wildman–Crippen LogP) is 4.96. The molecule has 0 atom stereocenters. The molecule has 186 valence electrons. The summed E-state index contributed by atoms with van der Waals surface area (Å²) in [5.74, 6) is 0.914. The van der Waals surface area contributed by atoms with Crippen LogP contribution < -0.4 is 25.4 Å². The first-order chi connectivity index (χ1) is 18.0. The number of carbonyl (C=O) groups is 3. The Morgan fingerprint density at radius 2 is 1.57 bits per heavy atom. The van der Waals surface area contributed by atoms with Crippen LogP contribution in [0.5, 0.6) is 17.2 Å². The standard InChI is InChI=1S/C28H24N4O5/c1-36-25-16-22-21(15-23(25)30-17-33)24(11-14-29-22)37-20-9-7-19(8-10-20)32-27(35)28(12-13-28)26(34)31-18-5-3-2-4-6-18/h2-11,14-17H,12-13H2,1H3,(H,30,33)(H,31,34)(H,32,35). The predicted molar refractivity (Wildman–Crippen MR) is 140 cm³/mol. The maximum Gasteiger partial charge on any atom is 0.240 e. The SMILES string of the molecule is COc1cc2nccc(Oc3ccc(NC(=O)C4(C(=O)Nc5ccccc5)CC4)cc3)c2cc1NC=O. The third kappa shape index (κ3) is 4.92. The molecule has 1 fully saturated rings. The minimum Gasteiger partial charge on any atom is -0.494 e. The molecule has 0 spiro atoms. The first-order valence-corrected chi connectivity index (χ1v) is 11.7. The van der Waals surface area contributed by atoms with E-state index >= 15 is 0 Å². The zero-order valence-electron chi connectivity index (χ0n) is 20.0. The Labute approximate surface area is 212 Å². The second kappa shape index (κ2) is 9.98. The van der Waals surface area contributed by atoms with Crippen LogP contribution in [0.3, 0.4) is 0 Å². The Morgan fingerprint density at radius 3 is 2.19 bits per heavy atom. The quantitative estimate of drug-likeness (QED) is 0.223.